The van der Waals surface area contributed by atoms with Crippen molar-refractivity contribution in [3.8, 4) is 0 Å². The third kappa shape index (κ3) is 3.06. The van der Waals surface area contributed by atoms with E-state index in [1.807, 2.05) is 0 Å². The Morgan fingerprint density at radius 2 is 2.25 bits per heavy atom. The van der Waals surface area contributed by atoms with Crippen LogP contribution in [0.2, 0.25) is 0 Å². The molecule has 0 unspecified atom stereocenters. The highest BCUT2D eigenvalue weighted by Gasteiger charge is 2.05. The van der Waals surface area contributed by atoms with Crippen LogP contribution < -0.4 is 16.6 Å². The fourth-order valence-corrected chi connectivity index (χ4v) is 1.54. The minimum absolute atomic E-state index is 0.112. The van der Waals surface area contributed by atoms with Gasteiger partial charge in [-0.2, -0.15) is 0 Å². The van der Waals surface area contributed by atoms with Crippen molar-refractivity contribution in [1.29, 1.82) is 0 Å². The molecule has 0 spiro atoms. The van der Waals surface area contributed by atoms with Crippen molar-refractivity contribution in [2.75, 3.05) is 7.05 Å². The van der Waals surface area contributed by atoms with Gasteiger partial charge in [-0.25, -0.2) is 4.79 Å². The molecule has 0 aliphatic rings. The Kier molecular flexibility index (Phi) is 4.48. The van der Waals surface area contributed by atoms with Gasteiger partial charge in [-0.15, -0.1) is 0 Å². The maximum absolute atomic E-state index is 11.5. The van der Waals surface area contributed by atoms with E-state index < -0.39 is 5.69 Å². The lowest BCUT2D eigenvalue weighted by atomic mass is 10.3. The summed E-state index contributed by atoms with van der Waals surface area (Å²) in [4.78, 5) is 36.2. The van der Waals surface area contributed by atoms with Gasteiger partial charge in [0.05, 0.1) is 4.47 Å². The lowest BCUT2D eigenvalue weighted by Gasteiger charge is -2.04. The van der Waals surface area contributed by atoms with E-state index in [1.54, 1.807) is 7.05 Å². The first kappa shape index (κ1) is 12.7. The minimum Gasteiger partial charge on any atom is -0.359 e. The van der Waals surface area contributed by atoms with Crippen molar-refractivity contribution < 1.29 is 4.79 Å². The summed E-state index contributed by atoms with van der Waals surface area (Å²) in [6.07, 6.45) is 2.04. The zero-order chi connectivity index (χ0) is 12.1. The molecule has 1 aromatic rings. The molecule has 0 aromatic carbocycles. The second-order valence-corrected chi connectivity index (χ2v) is 4.03. The largest absolute Gasteiger partial charge is 0.359 e. The first-order chi connectivity index (χ1) is 7.56. The number of halogens is 1. The van der Waals surface area contributed by atoms with Gasteiger partial charge >= 0.3 is 5.69 Å². The molecule has 1 amide bonds. The van der Waals surface area contributed by atoms with E-state index in [4.69, 9.17) is 0 Å². The number of H-pyrrole nitrogens is 1. The highest BCUT2D eigenvalue weighted by Crippen LogP contribution is 1.97. The van der Waals surface area contributed by atoms with Gasteiger partial charge in [0, 0.05) is 26.2 Å². The summed E-state index contributed by atoms with van der Waals surface area (Å²) < 4.78 is 1.36. The van der Waals surface area contributed by atoms with Crippen molar-refractivity contribution in [3.63, 3.8) is 0 Å². The molecule has 0 aliphatic heterocycles. The zero-order valence-electron chi connectivity index (χ0n) is 8.75. The van der Waals surface area contributed by atoms with Crippen LogP contribution in [0.4, 0.5) is 0 Å². The number of amides is 1. The van der Waals surface area contributed by atoms with Gasteiger partial charge in [-0.1, -0.05) is 0 Å². The molecule has 1 heterocycles. The fourth-order valence-electron chi connectivity index (χ4n) is 1.21. The summed E-state index contributed by atoms with van der Waals surface area (Å²) >= 11 is 3.03. The van der Waals surface area contributed by atoms with Crippen LogP contribution >= 0.6 is 15.9 Å². The third-order valence-corrected chi connectivity index (χ3v) is 2.65. The molecule has 0 atom stereocenters. The van der Waals surface area contributed by atoms with Crippen LogP contribution in [0.1, 0.15) is 12.8 Å². The second-order valence-electron chi connectivity index (χ2n) is 3.18. The Labute approximate surface area is 99.8 Å². The molecule has 7 heteroatoms. The molecule has 1 rings (SSSR count). The van der Waals surface area contributed by atoms with E-state index in [-0.39, 0.29) is 24.4 Å². The van der Waals surface area contributed by atoms with Gasteiger partial charge in [0.25, 0.3) is 5.56 Å². The number of aromatic nitrogens is 2. The van der Waals surface area contributed by atoms with Gasteiger partial charge in [-0.3, -0.25) is 14.2 Å². The number of aromatic amines is 1. The average Bonchev–Trinajstić information content (AvgIpc) is 2.28. The van der Waals surface area contributed by atoms with E-state index >= 15 is 0 Å². The number of carbonyl (C=O) groups is 1. The number of carbonyl (C=O) groups excluding carboxylic acids is 1. The maximum Gasteiger partial charge on any atom is 0.328 e. The SMILES string of the molecule is CNC(=O)CCCn1c(=O)[nH]cc(Br)c1=O. The average molecular weight is 290 g/mol. The molecule has 0 aliphatic carbocycles. The van der Waals surface area contributed by atoms with Crippen LogP contribution in [-0.2, 0) is 11.3 Å². The first-order valence-corrected chi connectivity index (χ1v) is 5.54. The standard InChI is InChI=1S/C9H12BrN3O3/c1-11-7(14)3-2-4-13-8(15)6(10)5-12-9(13)16/h5H,2-4H2,1H3,(H,11,14)(H,12,16). The molecular weight excluding hydrogens is 278 g/mol. The summed E-state index contributed by atoms with van der Waals surface area (Å²) in [5.74, 6) is -0.112. The lowest BCUT2D eigenvalue weighted by molar-refractivity contribution is -0.120. The Morgan fingerprint density at radius 3 is 2.88 bits per heavy atom. The summed E-state index contributed by atoms with van der Waals surface area (Å²) in [5.41, 5.74) is -0.856. The summed E-state index contributed by atoms with van der Waals surface area (Å²) in [7, 11) is 1.54. The van der Waals surface area contributed by atoms with Crippen LogP contribution in [0.25, 0.3) is 0 Å². The van der Waals surface area contributed by atoms with Gasteiger partial charge < -0.3 is 10.3 Å². The monoisotopic (exact) mass is 289 g/mol. The summed E-state index contributed by atoms with van der Waals surface area (Å²) in [6.45, 7) is 0.223. The van der Waals surface area contributed by atoms with E-state index in [0.717, 1.165) is 4.57 Å². The summed E-state index contributed by atoms with van der Waals surface area (Å²) in [6, 6.07) is 0. The molecule has 1 aromatic heterocycles. The molecular formula is C9H12BrN3O3. The lowest BCUT2D eigenvalue weighted by Crippen LogP contribution is -2.35. The van der Waals surface area contributed by atoms with Crippen LogP contribution in [-0.4, -0.2) is 22.5 Å². The fraction of sp³-hybridized carbons (Fsp3) is 0.444. The van der Waals surface area contributed by atoms with E-state index in [2.05, 4.69) is 26.2 Å². The van der Waals surface area contributed by atoms with Crippen molar-refractivity contribution in [3.05, 3.63) is 31.5 Å². The van der Waals surface area contributed by atoms with E-state index in [9.17, 15) is 14.4 Å². The van der Waals surface area contributed by atoms with Gasteiger partial charge in [-0.05, 0) is 22.4 Å². The third-order valence-electron chi connectivity index (χ3n) is 2.08. The maximum atomic E-state index is 11.5. The molecule has 16 heavy (non-hydrogen) atoms. The molecule has 0 bridgehead atoms. The molecule has 0 saturated heterocycles. The molecule has 2 N–H and O–H groups in total. The zero-order valence-corrected chi connectivity index (χ0v) is 10.3. The highest BCUT2D eigenvalue weighted by atomic mass is 79.9. The predicted molar refractivity (Wildman–Crippen MR) is 62.3 cm³/mol. The molecule has 0 radical (unpaired) electrons. The summed E-state index contributed by atoms with van der Waals surface area (Å²) in [5, 5.41) is 2.47. The number of nitrogens with zero attached hydrogens (tertiary/aromatic N) is 1. The van der Waals surface area contributed by atoms with Crippen molar-refractivity contribution in [2.24, 2.45) is 0 Å². The van der Waals surface area contributed by atoms with Crippen LogP contribution in [0.15, 0.2) is 20.3 Å². The van der Waals surface area contributed by atoms with Crippen molar-refractivity contribution >= 4 is 21.8 Å². The van der Waals surface area contributed by atoms with Gasteiger partial charge in [0.1, 0.15) is 0 Å². The Bertz CT molecular complexity index is 492. The van der Waals surface area contributed by atoms with E-state index in [1.165, 1.54) is 6.20 Å². The molecule has 6 nitrogen and oxygen atoms in total. The number of nitrogens with one attached hydrogen (secondary N) is 2. The Balaban J connectivity index is 2.75. The number of hydrogen-bond donors (Lipinski definition) is 2. The number of hydrogen-bond acceptors (Lipinski definition) is 3. The normalized spacial score (nSPS) is 10.1. The second kappa shape index (κ2) is 5.64. The first-order valence-electron chi connectivity index (χ1n) is 4.75. The highest BCUT2D eigenvalue weighted by molar-refractivity contribution is 9.10. The van der Waals surface area contributed by atoms with Crippen molar-refractivity contribution in [1.82, 2.24) is 14.9 Å². The smallest absolute Gasteiger partial charge is 0.328 e. The van der Waals surface area contributed by atoms with Gasteiger partial charge in [0.15, 0.2) is 0 Å². The number of rotatable bonds is 4. The Morgan fingerprint density at radius 1 is 1.56 bits per heavy atom. The molecule has 0 fully saturated rings. The quantitative estimate of drug-likeness (QED) is 0.807. The van der Waals surface area contributed by atoms with Crippen LogP contribution in [0.5, 0.6) is 0 Å². The predicted octanol–water partition coefficient (Wildman–Crippen LogP) is -0.175. The topological polar surface area (TPSA) is 84.0 Å². The van der Waals surface area contributed by atoms with E-state index in [0.29, 0.717) is 10.9 Å². The minimum atomic E-state index is -0.467. The molecule has 0 saturated carbocycles. The van der Waals surface area contributed by atoms with Crippen LogP contribution in [0, 0.1) is 0 Å². The van der Waals surface area contributed by atoms with Crippen molar-refractivity contribution in [2.45, 2.75) is 19.4 Å². The van der Waals surface area contributed by atoms with Crippen LogP contribution in [0.3, 0.4) is 0 Å². The Hall–Kier alpha value is -1.37. The van der Waals surface area contributed by atoms with Gasteiger partial charge in [0.2, 0.25) is 5.91 Å². The molecule has 88 valence electrons.